The van der Waals surface area contributed by atoms with Crippen LogP contribution in [0.5, 0.6) is 0 Å². The number of aryl methyl sites for hydroxylation is 1. The van der Waals surface area contributed by atoms with Gasteiger partial charge in [0.05, 0.1) is 11.0 Å². The lowest BCUT2D eigenvalue weighted by Gasteiger charge is -2.20. The monoisotopic (exact) mass is 741 g/mol. The highest BCUT2D eigenvalue weighted by Gasteiger charge is 2.16. The molecule has 0 spiro atoms. The van der Waals surface area contributed by atoms with Crippen LogP contribution in [0.1, 0.15) is 29.0 Å². The van der Waals surface area contributed by atoms with Gasteiger partial charge >= 0.3 is 0 Å². The molecule has 0 radical (unpaired) electrons. The van der Waals surface area contributed by atoms with Gasteiger partial charge in [-0.2, -0.15) is 0 Å². The minimum Gasteiger partial charge on any atom is -0.309 e. The Morgan fingerprint density at radius 2 is 0.621 bits per heavy atom. The zero-order valence-corrected chi connectivity index (χ0v) is 32.4. The van der Waals surface area contributed by atoms with E-state index in [9.17, 15) is 0 Å². The fourth-order valence-corrected chi connectivity index (χ4v) is 8.64. The van der Waals surface area contributed by atoms with Gasteiger partial charge in [0, 0.05) is 22.4 Å². The summed E-state index contributed by atoms with van der Waals surface area (Å²) in [4.78, 5) is 0. The van der Waals surface area contributed by atoms with Crippen LogP contribution in [-0.4, -0.2) is 4.57 Å². The maximum absolute atomic E-state index is 2.37. The van der Waals surface area contributed by atoms with Crippen LogP contribution >= 0.6 is 0 Å². The van der Waals surface area contributed by atoms with Crippen LogP contribution in [0, 0.1) is 0 Å². The second-order valence-corrected chi connectivity index (χ2v) is 15.3. The highest BCUT2D eigenvalue weighted by atomic mass is 15.0. The molecule has 0 bridgehead atoms. The Hall–Kier alpha value is -7.22. The zero-order valence-electron chi connectivity index (χ0n) is 32.4. The summed E-state index contributed by atoms with van der Waals surface area (Å²) >= 11 is 0. The van der Waals surface area contributed by atoms with Crippen molar-refractivity contribution in [3.63, 3.8) is 0 Å². The van der Waals surface area contributed by atoms with Crippen molar-refractivity contribution in [2.24, 2.45) is 0 Å². The molecule has 0 saturated carbocycles. The molecule has 0 N–H and O–H groups in total. The zero-order chi connectivity index (χ0) is 38.7. The highest BCUT2D eigenvalue weighted by Crippen LogP contribution is 2.35. The lowest BCUT2D eigenvalue weighted by molar-refractivity contribution is 0.715. The minimum absolute atomic E-state index is 0.271. The van der Waals surface area contributed by atoms with Crippen molar-refractivity contribution >= 4 is 21.8 Å². The van der Waals surface area contributed by atoms with Gasteiger partial charge in [0.15, 0.2) is 0 Å². The van der Waals surface area contributed by atoms with E-state index in [1.807, 2.05) is 0 Å². The van der Waals surface area contributed by atoms with E-state index in [1.165, 1.54) is 88.7 Å². The molecule has 1 unspecified atom stereocenters. The molecule has 0 saturated heterocycles. The lowest BCUT2D eigenvalue weighted by atomic mass is 9.85. The number of aromatic nitrogens is 1. The Balaban J connectivity index is 0.886. The van der Waals surface area contributed by atoms with Gasteiger partial charge in [-0.05, 0) is 98.3 Å². The predicted octanol–water partition coefficient (Wildman–Crippen LogP) is 15.2. The maximum Gasteiger partial charge on any atom is 0.0541 e. The smallest absolute Gasteiger partial charge is 0.0541 e. The molecule has 1 nitrogen and oxygen atoms in total. The Labute approximate surface area is 341 Å². The fraction of sp³-hybridized carbons (Fsp3) is 0.0526. The first-order chi connectivity index (χ1) is 28.7. The summed E-state index contributed by atoms with van der Waals surface area (Å²) in [6.07, 6.45) is 2.00. The molecule has 10 aromatic rings. The van der Waals surface area contributed by atoms with Gasteiger partial charge in [-0.15, -0.1) is 0 Å². The SMILES string of the molecule is c1ccc(-c2ccc(-c3ccc(C(CCc4ccc(-c5ccc(-n6c7ccccc7c7ccccc76)cc5)cc4)c4ccc(-c5ccccc5)cc4)cc3)cc2)cc1. The average Bonchev–Trinajstić information content (AvgIpc) is 3.65. The molecule has 10 rings (SSSR count). The molecule has 0 amide bonds. The molecule has 58 heavy (non-hydrogen) atoms. The molecule has 1 atom stereocenters. The Morgan fingerprint density at radius 3 is 1.05 bits per heavy atom. The molecule has 0 fully saturated rings. The fourth-order valence-electron chi connectivity index (χ4n) is 8.64. The van der Waals surface area contributed by atoms with Gasteiger partial charge in [-0.25, -0.2) is 0 Å². The van der Waals surface area contributed by atoms with E-state index < -0.39 is 0 Å². The Bertz CT molecular complexity index is 2870. The molecule has 0 aliphatic rings. The number of hydrogen-bond donors (Lipinski definition) is 0. The topological polar surface area (TPSA) is 4.93 Å². The third-order valence-corrected chi connectivity index (χ3v) is 11.8. The quantitative estimate of drug-likeness (QED) is 0.132. The number of hydrogen-bond acceptors (Lipinski definition) is 0. The summed E-state index contributed by atoms with van der Waals surface area (Å²) in [7, 11) is 0. The standard InChI is InChI=1S/C57H43N/c1-3-11-42(12-4-1)45-24-26-47(27-25-45)48-30-34-51(35-31-48)53(50-32-28-46(29-33-50)43-13-5-2-6-14-43)40-21-41-19-22-44(23-20-41)49-36-38-52(39-37-49)58-56-17-9-7-15-54(56)55-16-8-10-18-57(55)58/h1-20,22-39,53H,21,40H2. The first kappa shape index (κ1) is 35.2. The van der Waals surface area contributed by atoms with Crippen LogP contribution in [0.25, 0.3) is 72.0 Å². The Morgan fingerprint density at radius 1 is 0.293 bits per heavy atom. The molecular weight excluding hydrogens is 699 g/mol. The molecule has 276 valence electrons. The average molecular weight is 742 g/mol. The van der Waals surface area contributed by atoms with E-state index in [2.05, 4.69) is 235 Å². The first-order valence-electron chi connectivity index (χ1n) is 20.3. The van der Waals surface area contributed by atoms with Crippen molar-refractivity contribution < 1.29 is 0 Å². The number of fused-ring (bicyclic) bond motifs is 3. The number of benzene rings is 9. The molecule has 9 aromatic carbocycles. The van der Waals surface area contributed by atoms with E-state index in [4.69, 9.17) is 0 Å². The summed E-state index contributed by atoms with van der Waals surface area (Å²) in [5, 5.41) is 2.57. The second kappa shape index (κ2) is 15.7. The summed E-state index contributed by atoms with van der Waals surface area (Å²) < 4.78 is 2.37. The van der Waals surface area contributed by atoms with Crippen molar-refractivity contribution in [2.75, 3.05) is 0 Å². The van der Waals surface area contributed by atoms with Crippen molar-refractivity contribution in [2.45, 2.75) is 18.8 Å². The molecular formula is C57H43N. The summed E-state index contributed by atoms with van der Waals surface area (Å²) in [6, 6.07) is 84.2. The molecule has 1 heteroatoms. The van der Waals surface area contributed by atoms with Crippen molar-refractivity contribution in [1.82, 2.24) is 4.57 Å². The minimum atomic E-state index is 0.271. The number of rotatable bonds is 10. The van der Waals surface area contributed by atoms with E-state index in [0.717, 1.165) is 12.8 Å². The van der Waals surface area contributed by atoms with E-state index in [0.29, 0.717) is 0 Å². The second-order valence-electron chi connectivity index (χ2n) is 15.3. The summed E-state index contributed by atoms with van der Waals surface area (Å²) in [5.41, 5.74) is 17.6. The normalized spacial score (nSPS) is 11.9. The van der Waals surface area contributed by atoms with Crippen LogP contribution in [-0.2, 0) is 6.42 Å². The molecule has 0 aliphatic heterocycles. The molecule has 0 aliphatic carbocycles. The Kier molecular flexibility index (Phi) is 9.55. The summed E-state index contributed by atoms with van der Waals surface area (Å²) in [5.74, 6) is 0.271. The van der Waals surface area contributed by atoms with Crippen LogP contribution in [0.15, 0.2) is 231 Å². The highest BCUT2D eigenvalue weighted by molar-refractivity contribution is 6.09. The van der Waals surface area contributed by atoms with E-state index in [1.54, 1.807) is 0 Å². The van der Waals surface area contributed by atoms with Crippen LogP contribution < -0.4 is 0 Å². The van der Waals surface area contributed by atoms with Crippen LogP contribution in [0.2, 0.25) is 0 Å². The van der Waals surface area contributed by atoms with Gasteiger partial charge in [-0.3, -0.25) is 0 Å². The molecule has 1 aromatic heterocycles. The number of nitrogens with zero attached hydrogens (tertiary/aromatic N) is 1. The van der Waals surface area contributed by atoms with Gasteiger partial charge in [0.2, 0.25) is 0 Å². The van der Waals surface area contributed by atoms with E-state index >= 15 is 0 Å². The largest absolute Gasteiger partial charge is 0.309 e. The van der Waals surface area contributed by atoms with Crippen LogP contribution in [0.3, 0.4) is 0 Å². The van der Waals surface area contributed by atoms with Gasteiger partial charge < -0.3 is 4.57 Å². The third kappa shape index (κ3) is 7.04. The third-order valence-electron chi connectivity index (χ3n) is 11.8. The van der Waals surface area contributed by atoms with Gasteiger partial charge in [0.25, 0.3) is 0 Å². The van der Waals surface area contributed by atoms with Crippen molar-refractivity contribution in [1.29, 1.82) is 0 Å². The van der Waals surface area contributed by atoms with E-state index in [-0.39, 0.29) is 5.92 Å². The molecule has 1 heterocycles. The maximum atomic E-state index is 2.37. The van der Waals surface area contributed by atoms with Crippen molar-refractivity contribution in [3.05, 3.63) is 247 Å². The van der Waals surface area contributed by atoms with Gasteiger partial charge in [-0.1, -0.05) is 206 Å². The number of para-hydroxylation sites is 2. The summed E-state index contributed by atoms with van der Waals surface area (Å²) in [6.45, 7) is 0. The van der Waals surface area contributed by atoms with Crippen LogP contribution in [0.4, 0.5) is 0 Å². The first-order valence-corrected chi connectivity index (χ1v) is 20.3. The van der Waals surface area contributed by atoms with Gasteiger partial charge in [0.1, 0.15) is 0 Å². The lowest BCUT2D eigenvalue weighted by Crippen LogP contribution is -2.03. The van der Waals surface area contributed by atoms with Crippen molar-refractivity contribution in [3.8, 4) is 50.2 Å². The predicted molar refractivity (Wildman–Crippen MR) is 246 cm³/mol.